The van der Waals surface area contributed by atoms with Crippen molar-refractivity contribution in [3.63, 3.8) is 0 Å². The number of rotatable bonds is 8. The van der Waals surface area contributed by atoms with Crippen molar-refractivity contribution in [2.45, 2.75) is 82.9 Å². The number of aliphatic carboxylic acids is 2. The van der Waals surface area contributed by atoms with Crippen LogP contribution in [0.1, 0.15) is 75.2 Å². The Labute approximate surface area is 250 Å². The number of amides is 2. The van der Waals surface area contributed by atoms with Gasteiger partial charge in [0.1, 0.15) is 0 Å². The number of carboxylic acids is 2. The molecule has 1 saturated heterocycles. The van der Waals surface area contributed by atoms with Gasteiger partial charge in [0.2, 0.25) is 5.91 Å². The monoisotopic (exact) mass is 597 g/mol. The number of nitrogens with zero attached hydrogens (tertiary/aromatic N) is 3. The molecule has 4 bridgehead atoms. The number of carbonyl (C=O) groups excluding carboxylic acids is 2. The summed E-state index contributed by atoms with van der Waals surface area (Å²) >= 11 is 0. The van der Waals surface area contributed by atoms with E-state index in [1.165, 1.54) is 6.42 Å². The van der Waals surface area contributed by atoms with E-state index in [9.17, 15) is 14.7 Å². The zero-order chi connectivity index (χ0) is 30.8. The average molecular weight is 598 g/mol. The number of likely N-dealkylation sites (tertiary alicyclic amines) is 1. The van der Waals surface area contributed by atoms with Crippen LogP contribution < -0.4 is 10.6 Å². The third-order valence-electron chi connectivity index (χ3n) is 9.64. The number of aromatic nitrogens is 2. The summed E-state index contributed by atoms with van der Waals surface area (Å²) in [5.74, 6) is -2.53. The number of hydrogen-bond donors (Lipinski definition) is 5. The molecule has 4 aliphatic carbocycles. The first-order valence-electron chi connectivity index (χ1n) is 15.5. The molecule has 2 atom stereocenters. The number of hydrogen-bond acceptors (Lipinski definition) is 7. The van der Waals surface area contributed by atoms with Crippen LogP contribution in [0.3, 0.4) is 0 Å². The topological polar surface area (TPSA) is 174 Å². The molecule has 12 heteroatoms. The molecule has 2 unspecified atom stereocenters. The molecule has 1 aromatic carbocycles. The van der Waals surface area contributed by atoms with Crippen molar-refractivity contribution in [1.29, 1.82) is 0 Å². The SMILES string of the molecule is CCCn1nc(C(=O)NCCN2CCC(NC(=O)C34CC5CC(CC(O)(C5)C3)C4)CC2)c2ccccc21.O=C(O)C(=O)O. The van der Waals surface area contributed by atoms with Crippen LogP contribution in [-0.4, -0.2) is 91.6 Å². The van der Waals surface area contributed by atoms with Crippen LogP contribution in [0.25, 0.3) is 10.9 Å². The number of piperidine rings is 1. The van der Waals surface area contributed by atoms with Crippen molar-refractivity contribution in [3.05, 3.63) is 30.0 Å². The number of carboxylic acid groups (broad SMARTS) is 2. The first-order chi connectivity index (χ1) is 20.5. The number of aliphatic hydroxyl groups is 1. The Morgan fingerprint density at radius 2 is 1.63 bits per heavy atom. The van der Waals surface area contributed by atoms with E-state index < -0.39 is 17.5 Å². The lowest BCUT2D eigenvalue weighted by Gasteiger charge is -2.59. The average Bonchev–Trinajstić information content (AvgIpc) is 3.32. The second-order valence-electron chi connectivity index (χ2n) is 13.0. The van der Waals surface area contributed by atoms with Gasteiger partial charge in [-0.15, -0.1) is 0 Å². The molecular weight excluding hydrogens is 554 g/mol. The van der Waals surface area contributed by atoms with Gasteiger partial charge in [-0.1, -0.05) is 25.1 Å². The molecule has 0 spiro atoms. The smallest absolute Gasteiger partial charge is 0.414 e. The lowest BCUT2D eigenvalue weighted by atomic mass is 9.47. The lowest BCUT2D eigenvalue weighted by Crippen LogP contribution is -2.61. The minimum atomic E-state index is -1.82. The van der Waals surface area contributed by atoms with E-state index in [-0.39, 0.29) is 23.3 Å². The molecule has 7 rings (SSSR count). The van der Waals surface area contributed by atoms with Crippen molar-refractivity contribution < 1.29 is 34.5 Å². The van der Waals surface area contributed by atoms with Gasteiger partial charge in [-0.2, -0.15) is 5.10 Å². The summed E-state index contributed by atoms with van der Waals surface area (Å²) in [4.78, 5) is 46.9. The molecule has 5 fully saturated rings. The number of benzene rings is 1. The number of aryl methyl sites for hydroxylation is 1. The van der Waals surface area contributed by atoms with Gasteiger partial charge in [-0.05, 0) is 75.7 Å². The first-order valence-corrected chi connectivity index (χ1v) is 15.5. The molecule has 43 heavy (non-hydrogen) atoms. The Morgan fingerprint density at radius 3 is 2.23 bits per heavy atom. The zero-order valence-electron chi connectivity index (χ0n) is 24.8. The van der Waals surface area contributed by atoms with Gasteiger partial charge in [0.25, 0.3) is 5.91 Å². The molecule has 5 aliphatic rings. The predicted octanol–water partition coefficient (Wildman–Crippen LogP) is 2.24. The van der Waals surface area contributed by atoms with Crippen LogP contribution in [0, 0.1) is 17.3 Å². The van der Waals surface area contributed by atoms with Crippen LogP contribution in [0.4, 0.5) is 0 Å². The second-order valence-corrected chi connectivity index (χ2v) is 13.0. The molecule has 5 N–H and O–H groups in total. The minimum absolute atomic E-state index is 0.120. The highest BCUT2D eigenvalue weighted by Gasteiger charge is 2.60. The molecule has 0 radical (unpaired) electrons. The van der Waals surface area contributed by atoms with Crippen LogP contribution >= 0.6 is 0 Å². The van der Waals surface area contributed by atoms with Gasteiger partial charge in [0.15, 0.2) is 5.69 Å². The Bertz CT molecular complexity index is 1340. The number of nitrogens with one attached hydrogen (secondary N) is 2. The highest BCUT2D eigenvalue weighted by molar-refractivity contribution is 6.27. The van der Waals surface area contributed by atoms with Gasteiger partial charge < -0.3 is 30.9 Å². The highest BCUT2D eigenvalue weighted by Crippen LogP contribution is 2.61. The van der Waals surface area contributed by atoms with Crippen LogP contribution in [0.15, 0.2) is 24.3 Å². The molecule has 4 saturated carbocycles. The summed E-state index contributed by atoms with van der Waals surface area (Å²) in [6.45, 7) is 6.10. The second kappa shape index (κ2) is 12.6. The highest BCUT2D eigenvalue weighted by atomic mass is 16.4. The van der Waals surface area contributed by atoms with E-state index in [4.69, 9.17) is 19.8 Å². The lowest BCUT2D eigenvalue weighted by molar-refractivity contribution is -0.178. The molecule has 234 valence electrons. The van der Waals surface area contributed by atoms with E-state index in [2.05, 4.69) is 27.6 Å². The van der Waals surface area contributed by atoms with Gasteiger partial charge >= 0.3 is 11.9 Å². The van der Waals surface area contributed by atoms with E-state index in [1.54, 1.807) is 0 Å². The number of carbonyl (C=O) groups is 4. The van der Waals surface area contributed by atoms with Gasteiger partial charge in [-0.3, -0.25) is 14.3 Å². The minimum Gasteiger partial charge on any atom is -0.473 e. The van der Waals surface area contributed by atoms with E-state index in [1.807, 2.05) is 28.9 Å². The third-order valence-corrected chi connectivity index (χ3v) is 9.64. The summed E-state index contributed by atoms with van der Waals surface area (Å²) in [7, 11) is 0. The van der Waals surface area contributed by atoms with Crippen LogP contribution in [0.2, 0.25) is 0 Å². The summed E-state index contributed by atoms with van der Waals surface area (Å²) in [5, 5.41) is 37.7. The molecular formula is C31H43N5O7. The summed E-state index contributed by atoms with van der Waals surface area (Å²) in [6, 6.07) is 8.12. The standard InChI is InChI=1S/C29H41N5O3.C2H2O4/c1-2-10-34-24-6-4-3-5-23(24)25(32-34)26(35)30-9-13-33-11-7-22(8-12-33)31-27(36)28-15-20-14-21(16-28)18-29(37,17-20)19-28;3-1(4)2(5)6/h3-6,20-22,37H,2,7-19H2,1H3,(H,30,35)(H,31,36);(H,3,4)(H,5,6). The Hall–Kier alpha value is -3.51. The van der Waals surface area contributed by atoms with Gasteiger partial charge in [-0.25, -0.2) is 9.59 Å². The van der Waals surface area contributed by atoms with E-state index in [0.717, 1.165) is 82.0 Å². The Morgan fingerprint density at radius 1 is 0.977 bits per heavy atom. The summed E-state index contributed by atoms with van der Waals surface area (Å²) < 4.78 is 1.92. The fraction of sp³-hybridized carbons (Fsp3) is 0.645. The number of fused-ring (bicyclic) bond motifs is 1. The maximum Gasteiger partial charge on any atom is 0.414 e. The third kappa shape index (κ3) is 6.85. The predicted molar refractivity (Wildman–Crippen MR) is 157 cm³/mol. The summed E-state index contributed by atoms with van der Waals surface area (Å²) in [6.07, 6.45) is 8.39. The molecule has 1 aliphatic heterocycles. The van der Waals surface area contributed by atoms with Crippen LogP contribution in [-0.2, 0) is 20.9 Å². The van der Waals surface area contributed by atoms with E-state index >= 15 is 0 Å². The fourth-order valence-corrected chi connectivity index (χ4v) is 8.21. The molecule has 2 aromatic rings. The molecule has 12 nitrogen and oxygen atoms in total. The quantitative estimate of drug-likeness (QED) is 0.286. The largest absolute Gasteiger partial charge is 0.473 e. The Kier molecular flexibility index (Phi) is 9.07. The van der Waals surface area contributed by atoms with E-state index in [0.29, 0.717) is 30.5 Å². The van der Waals surface area contributed by atoms with Crippen LogP contribution in [0.5, 0.6) is 0 Å². The van der Waals surface area contributed by atoms with Crippen molar-refractivity contribution >= 4 is 34.7 Å². The van der Waals surface area contributed by atoms with Crippen molar-refractivity contribution in [2.24, 2.45) is 17.3 Å². The van der Waals surface area contributed by atoms with Gasteiger partial charge in [0, 0.05) is 44.2 Å². The van der Waals surface area contributed by atoms with Crippen molar-refractivity contribution in [3.8, 4) is 0 Å². The zero-order valence-corrected chi connectivity index (χ0v) is 24.8. The molecule has 2 heterocycles. The maximum absolute atomic E-state index is 13.4. The maximum atomic E-state index is 13.4. The normalized spacial score (nSPS) is 28.2. The number of para-hydroxylation sites is 1. The molecule has 1 aromatic heterocycles. The fourth-order valence-electron chi connectivity index (χ4n) is 8.21. The summed E-state index contributed by atoms with van der Waals surface area (Å²) in [5.41, 5.74) is 0.561. The van der Waals surface area contributed by atoms with Gasteiger partial charge in [0.05, 0.1) is 16.5 Å². The first kappa shape index (κ1) is 30.9. The Balaban J connectivity index is 0.000000559. The van der Waals surface area contributed by atoms with Crippen molar-refractivity contribution in [1.82, 2.24) is 25.3 Å². The van der Waals surface area contributed by atoms with Crippen molar-refractivity contribution in [2.75, 3.05) is 26.2 Å². The molecule has 2 amide bonds.